The average Bonchev–Trinajstić information content (AvgIpc) is 2.73. The zero-order valence-corrected chi connectivity index (χ0v) is 17.0. The molecule has 0 aliphatic carbocycles. The maximum atomic E-state index is 13.6. The first-order valence-electron chi connectivity index (χ1n) is 9.87. The van der Waals surface area contributed by atoms with E-state index in [1.807, 2.05) is 18.2 Å². The quantitative estimate of drug-likeness (QED) is 0.554. The van der Waals surface area contributed by atoms with Crippen molar-refractivity contribution in [3.63, 3.8) is 0 Å². The predicted molar refractivity (Wildman–Crippen MR) is 117 cm³/mol. The highest BCUT2D eigenvalue weighted by atomic mass is 19.1. The molecule has 1 heterocycles. The highest BCUT2D eigenvalue weighted by Gasteiger charge is 2.22. The molecule has 0 N–H and O–H groups in total. The molecule has 3 aromatic carbocycles. The summed E-state index contributed by atoms with van der Waals surface area (Å²) in [7, 11) is 1.67. The minimum Gasteiger partial charge on any atom is -0.497 e. The Balaban J connectivity index is 1.71. The third-order valence-corrected chi connectivity index (χ3v) is 5.31. The van der Waals surface area contributed by atoms with Gasteiger partial charge in [-0.05, 0) is 47.4 Å². The van der Waals surface area contributed by atoms with Crippen molar-refractivity contribution in [2.45, 2.75) is 26.3 Å². The van der Waals surface area contributed by atoms with Crippen LogP contribution in [0, 0.1) is 5.82 Å². The summed E-state index contributed by atoms with van der Waals surface area (Å²) >= 11 is 0. The van der Waals surface area contributed by atoms with Crippen LogP contribution in [0.15, 0.2) is 71.7 Å². The molecular weight excluding hydrogens is 363 g/mol. The van der Waals surface area contributed by atoms with Crippen LogP contribution >= 0.6 is 0 Å². The monoisotopic (exact) mass is 388 g/mol. The number of hydrogen-bond donors (Lipinski definition) is 0. The summed E-state index contributed by atoms with van der Waals surface area (Å²) in [5.74, 6) is 1.07. The largest absolute Gasteiger partial charge is 0.497 e. The number of halogens is 1. The topological polar surface area (TPSA) is 24.8 Å². The smallest absolute Gasteiger partial charge is 0.123 e. The van der Waals surface area contributed by atoms with Gasteiger partial charge < -0.3 is 9.64 Å². The maximum absolute atomic E-state index is 13.6. The van der Waals surface area contributed by atoms with Crippen molar-refractivity contribution in [3.8, 4) is 5.75 Å². The number of methoxy groups -OCH3 is 1. The molecule has 3 aromatic rings. The normalized spacial score (nSPS) is 13.3. The van der Waals surface area contributed by atoms with Crippen molar-refractivity contribution in [3.05, 3.63) is 94.8 Å². The highest BCUT2D eigenvalue weighted by Crippen LogP contribution is 2.32. The first-order chi connectivity index (χ1) is 14.0. The number of aliphatic imine (C=N–C) groups is 1. The molecule has 0 atom stereocenters. The molecule has 0 unspecified atom stereocenters. The van der Waals surface area contributed by atoms with Crippen molar-refractivity contribution in [2.24, 2.45) is 4.99 Å². The van der Waals surface area contributed by atoms with Gasteiger partial charge in [-0.15, -0.1) is 0 Å². The Morgan fingerprint density at radius 3 is 2.52 bits per heavy atom. The lowest BCUT2D eigenvalue weighted by Crippen LogP contribution is -2.29. The Morgan fingerprint density at radius 2 is 1.83 bits per heavy atom. The molecule has 0 aromatic heterocycles. The van der Waals surface area contributed by atoms with Crippen molar-refractivity contribution in [2.75, 3.05) is 18.7 Å². The Labute approximate surface area is 171 Å². The van der Waals surface area contributed by atoms with Gasteiger partial charge in [0.1, 0.15) is 18.2 Å². The third-order valence-electron chi connectivity index (χ3n) is 5.31. The molecule has 3 nitrogen and oxygen atoms in total. The second kappa shape index (κ2) is 8.08. The van der Waals surface area contributed by atoms with Crippen LogP contribution in [0.4, 0.5) is 10.1 Å². The van der Waals surface area contributed by atoms with E-state index in [4.69, 9.17) is 9.73 Å². The van der Waals surface area contributed by atoms with Crippen LogP contribution in [0.25, 0.3) is 0 Å². The number of fused-ring (bicyclic) bond motifs is 1. The van der Waals surface area contributed by atoms with E-state index in [2.05, 4.69) is 49.1 Å². The van der Waals surface area contributed by atoms with E-state index in [0.29, 0.717) is 19.1 Å². The van der Waals surface area contributed by atoms with Crippen LogP contribution in [0.3, 0.4) is 0 Å². The molecular formula is C25H25FN2O. The fourth-order valence-electron chi connectivity index (χ4n) is 3.69. The molecule has 4 rings (SSSR count). The van der Waals surface area contributed by atoms with Gasteiger partial charge in [-0.2, -0.15) is 0 Å². The standard InChI is InChI=1S/C25H25FN2O/c1-17(2)19-7-9-20(10-8-19)25-23-14-22(29-3)11-12-24(23)28(16-27-25)15-18-5-4-6-21(26)13-18/h4-14,17H,15-16H2,1-3H3. The summed E-state index contributed by atoms with van der Waals surface area (Å²) in [5, 5.41) is 0. The van der Waals surface area contributed by atoms with Gasteiger partial charge in [0.05, 0.1) is 12.8 Å². The maximum Gasteiger partial charge on any atom is 0.123 e. The molecule has 0 radical (unpaired) electrons. The van der Waals surface area contributed by atoms with E-state index in [-0.39, 0.29) is 5.82 Å². The minimum atomic E-state index is -0.219. The number of benzene rings is 3. The molecule has 4 heteroatoms. The van der Waals surface area contributed by atoms with Crippen molar-refractivity contribution >= 4 is 11.4 Å². The van der Waals surface area contributed by atoms with Crippen molar-refractivity contribution in [1.29, 1.82) is 0 Å². The van der Waals surface area contributed by atoms with Gasteiger partial charge in [0.2, 0.25) is 0 Å². The molecule has 0 fully saturated rings. The molecule has 0 spiro atoms. The number of nitrogens with zero attached hydrogens (tertiary/aromatic N) is 2. The Bertz CT molecular complexity index is 1040. The molecule has 1 aliphatic rings. The first-order valence-corrected chi connectivity index (χ1v) is 9.87. The lowest BCUT2D eigenvalue weighted by Gasteiger charge is -2.30. The molecule has 0 saturated carbocycles. The van der Waals surface area contributed by atoms with Crippen LogP contribution in [0.1, 0.15) is 42.0 Å². The van der Waals surface area contributed by atoms with Gasteiger partial charge in [0.25, 0.3) is 0 Å². The zero-order chi connectivity index (χ0) is 20.4. The SMILES string of the molecule is COc1ccc2c(c1)C(c1ccc(C(C)C)cc1)=NCN2Cc1cccc(F)c1. The number of anilines is 1. The number of rotatable bonds is 5. The van der Waals surface area contributed by atoms with E-state index in [1.54, 1.807) is 19.2 Å². The van der Waals surface area contributed by atoms with Gasteiger partial charge in [-0.3, -0.25) is 4.99 Å². The molecule has 0 bridgehead atoms. The Morgan fingerprint density at radius 1 is 1.03 bits per heavy atom. The fourth-order valence-corrected chi connectivity index (χ4v) is 3.69. The van der Waals surface area contributed by atoms with Gasteiger partial charge in [-0.1, -0.05) is 50.2 Å². The second-order valence-corrected chi connectivity index (χ2v) is 7.64. The molecule has 0 amide bonds. The van der Waals surface area contributed by atoms with Crippen molar-refractivity contribution < 1.29 is 9.13 Å². The highest BCUT2D eigenvalue weighted by molar-refractivity contribution is 6.17. The second-order valence-electron chi connectivity index (χ2n) is 7.64. The lowest BCUT2D eigenvalue weighted by atomic mass is 9.95. The molecule has 1 aliphatic heterocycles. The molecule has 0 saturated heterocycles. The van der Waals surface area contributed by atoms with Gasteiger partial charge >= 0.3 is 0 Å². The zero-order valence-electron chi connectivity index (χ0n) is 17.0. The molecule has 29 heavy (non-hydrogen) atoms. The van der Waals surface area contributed by atoms with Crippen molar-refractivity contribution in [1.82, 2.24) is 0 Å². The summed E-state index contributed by atoms with van der Waals surface area (Å²) < 4.78 is 19.1. The summed E-state index contributed by atoms with van der Waals surface area (Å²) in [6.07, 6.45) is 0. The summed E-state index contributed by atoms with van der Waals surface area (Å²) in [4.78, 5) is 7.05. The van der Waals surface area contributed by atoms with Crippen LogP contribution in [-0.4, -0.2) is 19.5 Å². The van der Waals surface area contributed by atoms with Gasteiger partial charge in [0.15, 0.2) is 0 Å². The lowest BCUT2D eigenvalue weighted by molar-refractivity contribution is 0.414. The summed E-state index contributed by atoms with van der Waals surface area (Å²) in [5.41, 5.74) is 6.40. The average molecular weight is 388 g/mol. The number of hydrogen-bond acceptors (Lipinski definition) is 3. The molecule has 148 valence electrons. The summed E-state index contributed by atoms with van der Waals surface area (Å²) in [6.45, 7) is 5.51. The van der Waals surface area contributed by atoms with E-state index in [1.165, 1.54) is 11.6 Å². The van der Waals surface area contributed by atoms with Gasteiger partial charge in [-0.25, -0.2) is 4.39 Å². The minimum absolute atomic E-state index is 0.219. The van der Waals surface area contributed by atoms with Crippen LogP contribution in [-0.2, 0) is 6.54 Å². The Kier molecular flexibility index (Phi) is 5.34. The van der Waals surface area contributed by atoms with E-state index >= 15 is 0 Å². The first kappa shape index (κ1) is 19.2. The third kappa shape index (κ3) is 4.02. The Hall–Kier alpha value is -3.14. The van der Waals surface area contributed by atoms with Gasteiger partial charge in [0, 0.05) is 23.4 Å². The summed E-state index contributed by atoms with van der Waals surface area (Å²) in [6, 6.07) is 21.4. The van der Waals surface area contributed by atoms with Crippen LogP contribution in [0.2, 0.25) is 0 Å². The van der Waals surface area contributed by atoms with Crippen LogP contribution in [0.5, 0.6) is 5.75 Å². The number of ether oxygens (including phenoxy) is 1. The van der Waals surface area contributed by atoms with Crippen LogP contribution < -0.4 is 9.64 Å². The van der Waals surface area contributed by atoms with E-state index in [9.17, 15) is 4.39 Å². The predicted octanol–water partition coefficient (Wildman–Crippen LogP) is 5.77. The van der Waals surface area contributed by atoms with E-state index < -0.39 is 0 Å². The fraction of sp³-hybridized carbons (Fsp3) is 0.240. The van der Waals surface area contributed by atoms with E-state index in [0.717, 1.165) is 33.8 Å².